The molecular formula is C25H22FN3OS2. The molecule has 0 spiro atoms. The molecule has 162 valence electrons. The molecule has 1 atom stereocenters. The number of halogens is 1. The molecule has 0 amide bonds. The number of benzene rings is 2. The maximum atomic E-state index is 14.2. The summed E-state index contributed by atoms with van der Waals surface area (Å²) >= 11 is 1.50. The molecule has 2 heterocycles. The molecule has 7 heteroatoms. The Kier molecular flexibility index (Phi) is 5.85. The summed E-state index contributed by atoms with van der Waals surface area (Å²) in [6.45, 7) is 0. The van der Waals surface area contributed by atoms with E-state index in [0.717, 1.165) is 52.3 Å². The lowest BCUT2D eigenvalue weighted by Crippen LogP contribution is -2.17. The van der Waals surface area contributed by atoms with Gasteiger partial charge in [0, 0.05) is 21.9 Å². The fraction of sp³-hybridized carbons (Fsp3) is 0.200. The molecule has 0 radical (unpaired) electrons. The highest BCUT2D eigenvalue weighted by molar-refractivity contribution is 7.94. The van der Waals surface area contributed by atoms with Gasteiger partial charge < -0.3 is 0 Å². The first-order chi connectivity index (χ1) is 15.6. The molecule has 0 N–H and O–H groups in total. The fourth-order valence-corrected chi connectivity index (χ4v) is 7.50. The minimum atomic E-state index is -2.64. The van der Waals surface area contributed by atoms with Crippen molar-refractivity contribution in [3.8, 4) is 21.7 Å². The molecule has 2 aromatic carbocycles. The van der Waals surface area contributed by atoms with Crippen LogP contribution in [0.5, 0.6) is 0 Å². The van der Waals surface area contributed by atoms with E-state index in [-0.39, 0.29) is 11.1 Å². The predicted molar refractivity (Wildman–Crippen MR) is 128 cm³/mol. The second-order valence-electron chi connectivity index (χ2n) is 7.82. The van der Waals surface area contributed by atoms with Crippen LogP contribution in [-0.2, 0) is 9.73 Å². The van der Waals surface area contributed by atoms with Crippen molar-refractivity contribution in [2.24, 2.45) is 4.36 Å². The van der Waals surface area contributed by atoms with Crippen molar-refractivity contribution in [3.63, 3.8) is 0 Å². The molecule has 1 unspecified atom stereocenters. The van der Waals surface area contributed by atoms with E-state index in [2.05, 4.69) is 9.97 Å². The number of nitrogens with zero attached hydrogens (tertiary/aromatic N) is 3. The highest BCUT2D eigenvalue weighted by Crippen LogP contribution is 2.37. The Morgan fingerprint density at radius 2 is 1.69 bits per heavy atom. The van der Waals surface area contributed by atoms with Gasteiger partial charge in [0.25, 0.3) is 0 Å². The van der Waals surface area contributed by atoms with Gasteiger partial charge in [-0.15, -0.1) is 11.3 Å². The quantitative estimate of drug-likeness (QED) is 0.317. The van der Waals surface area contributed by atoms with Gasteiger partial charge in [0.05, 0.1) is 25.8 Å². The Balaban J connectivity index is 1.59. The molecule has 2 aromatic heterocycles. The average molecular weight is 464 g/mol. The molecule has 0 aliphatic heterocycles. The third-order valence-corrected chi connectivity index (χ3v) is 9.41. The van der Waals surface area contributed by atoms with Crippen LogP contribution in [0.2, 0.25) is 0 Å². The smallest absolute Gasteiger partial charge is 0.162 e. The van der Waals surface area contributed by atoms with Crippen molar-refractivity contribution in [2.75, 3.05) is 0 Å². The summed E-state index contributed by atoms with van der Waals surface area (Å²) < 4.78 is 32.4. The summed E-state index contributed by atoms with van der Waals surface area (Å²) in [6.07, 6.45) is 5.70. The van der Waals surface area contributed by atoms with E-state index < -0.39 is 9.73 Å². The fourth-order valence-electron chi connectivity index (χ4n) is 4.16. The highest BCUT2D eigenvalue weighted by atomic mass is 32.2. The summed E-state index contributed by atoms with van der Waals surface area (Å²) in [4.78, 5) is 10.6. The van der Waals surface area contributed by atoms with E-state index in [1.54, 1.807) is 23.8 Å². The van der Waals surface area contributed by atoms with Gasteiger partial charge in [0.1, 0.15) is 5.82 Å². The molecule has 4 nitrogen and oxygen atoms in total. The van der Waals surface area contributed by atoms with Gasteiger partial charge in [-0.3, -0.25) is 0 Å². The molecule has 1 saturated carbocycles. The van der Waals surface area contributed by atoms with E-state index in [0.29, 0.717) is 5.82 Å². The van der Waals surface area contributed by atoms with Gasteiger partial charge in [0.2, 0.25) is 0 Å². The number of thiazole rings is 1. The first kappa shape index (κ1) is 21.0. The molecule has 32 heavy (non-hydrogen) atoms. The lowest BCUT2D eigenvalue weighted by molar-refractivity contribution is 0.628. The molecule has 1 aliphatic rings. The SMILES string of the molecule is O=S(=Nc1cc(-c2scnc2-c2ccc(F)cc2)ccn1)(c1ccccc1)C1CCCC1. The Morgan fingerprint density at radius 1 is 0.938 bits per heavy atom. The summed E-state index contributed by atoms with van der Waals surface area (Å²) in [5.74, 6) is 0.180. The van der Waals surface area contributed by atoms with Crippen molar-refractivity contribution < 1.29 is 8.60 Å². The first-order valence-corrected chi connectivity index (χ1v) is 13.1. The second kappa shape index (κ2) is 8.92. The van der Waals surface area contributed by atoms with Crippen molar-refractivity contribution >= 4 is 26.9 Å². The maximum Gasteiger partial charge on any atom is 0.162 e. The van der Waals surface area contributed by atoms with Crippen molar-refractivity contribution in [1.82, 2.24) is 9.97 Å². The van der Waals surface area contributed by atoms with Crippen molar-refractivity contribution in [3.05, 3.63) is 84.3 Å². The Bertz CT molecular complexity index is 1340. The Morgan fingerprint density at radius 3 is 2.44 bits per heavy atom. The van der Waals surface area contributed by atoms with Gasteiger partial charge in [-0.1, -0.05) is 31.0 Å². The monoisotopic (exact) mass is 463 g/mol. The second-order valence-corrected chi connectivity index (χ2v) is 11.1. The molecule has 1 aliphatic carbocycles. The summed E-state index contributed by atoms with van der Waals surface area (Å²) in [7, 11) is -2.64. The van der Waals surface area contributed by atoms with Crippen LogP contribution in [0, 0.1) is 5.82 Å². The number of hydrogen-bond donors (Lipinski definition) is 0. The summed E-state index contributed by atoms with van der Waals surface area (Å²) in [5, 5.41) is 0.0357. The molecule has 4 aromatic rings. The van der Waals surface area contributed by atoms with E-state index in [9.17, 15) is 8.60 Å². The summed E-state index contributed by atoms with van der Waals surface area (Å²) in [6, 6.07) is 19.7. The first-order valence-electron chi connectivity index (χ1n) is 10.6. The highest BCUT2D eigenvalue weighted by Gasteiger charge is 2.29. The van der Waals surface area contributed by atoms with Crippen LogP contribution >= 0.6 is 11.3 Å². The van der Waals surface area contributed by atoms with E-state index in [1.165, 1.54) is 23.5 Å². The Hall–Kier alpha value is -2.90. The largest absolute Gasteiger partial charge is 0.244 e. The van der Waals surface area contributed by atoms with Gasteiger partial charge >= 0.3 is 0 Å². The molecule has 5 rings (SSSR count). The van der Waals surface area contributed by atoms with Crippen LogP contribution in [-0.4, -0.2) is 19.4 Å². The third-order valence-electron chi connectivity index (χ3n) is 5.76. The maximum absolute atomic E-state index is 14.2. The minimum Gasteiger partial charge on any atom is -0.244 e. The molecule has 0 bridgehead atoms. The minimum absolute atomic E-state index is 0.0357. The zero-order valence-electron chi connectivity index (χ0n) is 17.4. The number of pyridine rings is 1. The van der Waals surface area contributed by atoms with Gasteiger partial charge in [-0.25, -0.2) is 18.6 Å². The Labute approximate surface area is 191 Å². The van der Waals surface area contributed by atoms with Crippen LogP contribution in [0.1, 0.15) is 25.7 Å². The summed E-state index contributed by atoms with van der Waals surface area (Å²) in [5.41, 5.74) is 4.31. The van der Waals surface area contributed by atoms with Crippen LogP contribution in [0.3, 0.4) is 0 Å². The van der Waals surface area contributed by atoms with Crippen molar-refractivity contribution in [2.45, 2.75) is 35.8 Å². The van der Waals surface area contributed by atoms with Gasteiger partial charge in [-0.05, 0) is 66.9 Å². The van der Waals surface area contributed by atoms with E-state index >= 15 is 0 Å². The third kappa shape index (κ3) is 4.10. The normalized spacial score (nSPS) is 16.0. The lowest BCUT2D eigenvalue weighted by Gasteiger charge is -2.17. The number of hydrogen-bond acceptors (Lipinski definition) is 5. The number of rotatable bonds is 5. The zero-order valence-corrected chi connectivity index (χ0v) is 19.0. The molecule has 1 fully saturated rings. The standard InChI is InChI=1S/C25H22FN3OS2/c26-20-12-10-18(11-13-20)24-25(31-17-28-24)19-14-15-27-23(16-19)29-32(30,22-8-4-5-9-22)21-6-2-1-3-7-21/h1-3,6-7,10-17,22H,4-5,8-9H2. The predicted octanol–water partition coefficient (Wildman–Crippen LogP) is 7.11. The van der Waals surface area contributed by atoms with E-state index in [4.69, 9.17) is 4.36 Å². The van der Waals surface area contributed by atoms with Gasteiger partial charge in [-0.2, -0.15) is 4.36 Å². The molecular weight excluding hydrogens is 441 g/mol. The lowest BCUT2D eigenvalue weighted by atomic mass is 10.1. The average Bonchev–Trinajstić information content (AvgIpc) is 3.53. The van der Waals surface area contributed by atoms with Crippen LogP contribution in [0.25, 0.3) is 21.7 Å². The topological polar surface area (TPSA) is 55.2 Å². The van der Waals surface area contributed by atoms with Crippen molar-refractivity contribution in [1.29, 1.82) is 0 Å². The van der Waals surface area contributed by atoms with E-state index in [1.807, 2.05) is 42.5 Å². The van der Waals surface area contributed by atoms with Crippen LogP contribution in [0.15, 0.2) is 87.7 Å². The number of aromatic nitrogens is 2. The zero-order chi connectivity index (χ0) is 22.0. The molecule has 0 saturated heterocycles. The van der Waals surface area contributed by atoms with Crippen LogP contribution < -0.4 is 0 Å². The van der Waals surface area contributed by atoms with Gasteiger partial charge in [0.15, 0.2) is 5.82 Å². The van der Waals surface area contributed by atoms with Crippen LogP contribution in [0.4, 0.5) is 10.2 Å².